The Morgan fingerprint density at radius 2 is 1.44 bits per heavy atom. The van der Waals surface area contributed by atoms with Crippen LogP contribution in [0.3, 0.4) is 0 Å². The maximum atomic E-state index is 12.7. The van der Waals surface area contributed by atoms with Crippen LogP contribution in [-0.4, -0.2) is 34.9 Å². The largest absolute Gasteiger partial charge is 0.508 e. The Balaban J connectivity index is 2.10. The van der Waals surface area contributed by atoms with E-state index in [2.05, 4.69) is 10.6 Å². The van der Waals surface area contributed by atoms with E-state index in [0.717, 1.165) is 11.1 Å². The summed E-state index contributed by atoms with van der Waals surface area (Å²) in [5.74, 6) is -1.42. The van der Waals surface area contributed by atoms with Crippen molar-refractivity contribution in [2.45, 2.75) is 31.8 Å². The SMILES string of the molecule is CC(=O)NC(Cc1ccccc1)C(=O)NC(Cc1ccc(O)cc1)C(N)=O. The van der Waals surface area contributed by atoms with Gasteiger partial charge >= 0.3 is 0 Å². The molecule has 0 saturated heterocycles. The number of aromatic hydroxyl groups is 1. The van der Waals surface area contributed by atoms with Crippen molar-refractivity contribution in [3.63, 3.8) is 0 Å². The van der Waals surface area contributed by atoms with Crippen molar-refractivity contribution in [2.75, 3.05) is 0 Å². The quantitative estimate of drug-likeness (QED) is 0.546. The summed E-state index contributed by atoms with van der Waals surface area (Å²) >= 11 is 0. The molecule has 7 heteroatoms. The molecule has 0 radical (unpaired) electrons. The highest BCUT2D eigenvalue weighted by atomic mass is 16.3. The maximum absolute atomic E-state index is 12.7. The fraction of sp³-hybridized carbons (Fsp3) is 0.250. The average Bonchev–Trinajstić information content (AvgIpc) is 2.62. The predicted octanol–water partition coefficient (Wildman–Crippen LogP) is 0.652. The summed E-state index contributed by atoms with van der Waals surface area (Å²) in [6, 6.07) is 13.8. The van der Waals surface area contributed by atoms with Crippen molar-refractivity contribution in [2.24, 2.45) is 5.73 Å². The van der Waals surface area contributed by atoms with E-state index in [9.17, 15) is 19.5 Å². The molecule has 0 bridgehead atoms. The Hall–Kier alpha value is -3.35. The number of primary amides is 1. The molecule has 0 aromatic heterocycles. The van der Waals surface area contributed by atoms with E-state index >= 15 is 0 Å². The number of nitrogens with two attached hydrogens (primary N) is 1. The van der Waals surface area contributed by atoms with Crippen LogP contribution < -0.4 is 16.4 Å². The topological polar surface area (TPSA) is 122 Å². The standard InChI is InChI=1S/C20H23N3O4/c1-13(24)22-18(12-14-5-3-2-4-6-14)20(27)23-17(19(21)26)11-15-7-9-16(25)10-8-15/h2-10,17-18,25H,11-12H2,1H3,(H2,21,26)(H,22,24)(H,23,27). The molecule has 2 atom stereocenters. The van der Waals surface area contributed by atoms with Gasteiger partial charge in [-0.2, -0.15) is 0 Å². The van der Waals surface area contributed by atoms with Crippen LogP contribution in [0.25, 0.3) is 0 Å². The van der Waals surface area contributed by atoms with Crippen LogP contribution in [0, 0.1) is 0 Å². The summed E-state index contributed by atoms with van der Waals surface area (Å²) in [6.45, 7) is 1.33. The van der Waals surface area contributed by atoms with Crippen LogP contribution in [0.15, 0.2) is 54.6 Å². The zero-order valence-corrected chi connectivity index (χ0v) is 15.0. The molecule has 27 heavy (non-hydrogen) atoms. The number of phenolic OH excluding ortho intramolecular Hbond substituents is 1. The Morgan fingerprint density at radius 3 is 2.00 bits per heavy atom. The van der Waals surface area contributed by atoms with Crippen LogP contribution in [0.5, 0.6) is 5.75 Å². The lowest BCUT2D eigenvalue weighted by molar-refractivity contribution is -0.130. The lowest BCUT2D eigenvalue weighted by Gasteiger charge is -2.22. The van der Waals surface area contributed by atoms with Crippen molar-refractivity contribution in [1.82, 2.24) is 10.6 Å². The number of benzene rings is 2. The second-order valence-corrected chi connectivity index (χ2v) is 6.28. The monoisotopic (exact) mass is 369 g/mol. The lowest BCUT2D eigenvalue weighted by Crippen LogP contribution is -2.54. The maximum Gasteiger partial charge on any atom is 0.243 e. The minimum atomic E-state index is -0.936. The highest BCUT2D eigenvalue weighted by Crippen LogP contribution is 2.12. The Kier molecular flexibility index (Phi) is 6.93. The van der Waals surface area contributed by atoms with Crippen LogP contribution >= 0.6 is 0 Å². The van der Waals surface area contributed by atoms with Gasteiger partial charge in [-0.1, -0.05) is 42.5 Å². The molecule has 2 rings (SSSR count). The Labute approximate surface area is 157 Å². The molecule has 0 heterocycles. The normalized spacial score (nSPS) is 12.6. The molecule has 0 saturated carbocycles. The smallest absolute Gasteiger partial charge is 0.243 e. The molecular formula is C20H23N3O4. The Bertz CT molecular complexity index is 791. The number of rotatable bonds is 8. The first kappa shape index (κ1) is 20.0. The van der Waals surface area contributed by atoms with Gasteiger partial charge in [0.2, 0.25) is 17.7 Å². The van der Waals surface area contributed by atoms with E-state index in [-0.39, 0.29) is 24.5 Å². The van der Waals surface area contributed by atoms with Crippen molar-refractivity contribution in [3.05, 3.63) is 65.7 Å². The minimum absolute atomic E-state index is 0.104. The molecule has 0 aliphatic carbocycles. The molecule has 2 aromatic rings. The third-order valence-corrected chi connectivity index (χ3v) is 4.01. The number of hydrogen-bond acceptors (Lipinski definition) is 4. The van der Waals surface area contributed by atoms with Gasteiger partial charge in [0.05, 0.1) is 0 Å². The molecule has 7 nitrogen and oxygen atoms in total. The molecule has 0 aliphatic heterocycles. The van der Waals surface area contributed by atoms with Crippen LogP contribution in [0.2, 0.25) is 0 Å². The van der Waals surface area contributed by atoms with Crippen LogP contribution in [0.4, 0.5) is 0 Å². The molecule has 3 amide bonds. The average molecular weight is 369 g/mol. The van der Waals surface area contributed by atoms with E-state index in [4.69, 9.17) is 5.73 Å². The molecule has 2 aromatic carbocycles. The highest BCUT2D eigenvalue weighted by Gasteiger charge is 2.25. The fourth-order valence-corrected chi connectivity index (χ4v) is 2.67. The first-order valence-corrected chi connectivity index (χ1v) is 8.54. The van der Waals surface area contributed by atoms with Gasteiger partial charge in [0.15, 0.2) is 0 Å². The van der Waals surface area contributed by atoms with E-state index < -0.39 is 23.9 Å². The van der Waals surface area contributed by atoms with Gasteiger partial charge in [0.25, 0.3) is 0 Å². The number of amides is 3. The van der Waals surface area contributed by atoms with E-state index in [1.807, 2.05) is 30.3 Å². The van der Waals surface area contributed by atoms with E-state index in [0.29, 0.717) is 0 Å². The van der Waals surface area contributed by atoms with Crippen molar-refractivity contribution in [3.8, 4) is 5.75 Å². The third kappa shape index (κ3) is 6.47. The fourth-order valence-electron chi connectivity index (χ4n) is 2.67. The number of nitrogens with one attached hydrogen (secondary N) is 2. The van der Waals surface area contributed by atoms with Crippen molar-refractivity contribution >= 4 is 17.7 Å². The van der Waals surface area contributed by atoms with E-state index in [1.54, 1.807) is 12.1 Å². The molecule has 2 unspecified atom stereocenters. The molecule has 142 valence electrons. The summed E-state index contributed by atoms with van der Waals surface area (Å²) in [4.78, 5) is 35.9. The first-order chi connectivity index (χ1) is 12.8. The number of hydrogen-bond donors (Lipinski definition) is 4. The van der Waals surface area contributed by atoms with Crippen molar-refractivity contribution < 1.29 is 19.5 Å². The molecule has 0 fully saturated rings. The van der Waals surface area contributed by atoms with Crippen LogP contribution in [0.1, 0.15) is 18.1 Å². The number of carbonyl (C=O) groups is 3. The Morgan fingerprint density at radius 1 is 0.889 bits per heavy atom. The minimum Gasteiger partial charge on any atom is -0.508 e. The summed E-state index contributed by atoms with van der Waals surface area (Å²) < 4.78 is 0. The van der Waals surface area contributed by atoms with Gasteiger partial charge in [-0.25, -0.2) is 0 Å². The molecule has 0 aliphatic rings. The van der Waals surface area contributed by atoms with Gasteiger partial charge in [-0.3, -0.25) is 14.4 Å². The molecular weight excluding hydrogens is 346 g/mol. The molecule has 0 spiro atoms. The van der Waals surface area contributed by atoms with Gasteiger partial charge < -0.3 is 21.5 Å². The number of phenols is 1. The second-order valence-electron chi connectivity index (χ2n) is 6.28. The second kappa shape index (κ2) is 9.38. The predicted molar refractivity (Wildman–Crippen MR) is 101 cm³/mol. The van der Waals surface area contributed by atoms with E-state index in [1.165, 1.54) is 19.1 Å². The molecule has 5 N–H and O–H groups in total. The van der Waals surface area contributed by atoms with Gasteiger partial charge in [0, 0.05) is 19.8 Å². The lowest BCUT2D eigenvalue weighted by atomic mass is 10.0. The summed E-state index contributed by atoms with van der Waals surface area (Å²) in [6.07, 6.45) is 0.469. The van der Waals surface area contributed by atoms with Gasteiger partial charge in [-0.15, -0.1) is 0 Å². The zero-order chi connectivity index (χ0) is 19.8. The summed E-state index contributed by atoms with van der Waals surface area (Å²) in [5.41, 5.74) is 7.03. The van der Waals surface area contributed by atoms with Crippen molar-refractivity contribution in [1.29, 1.82) is 0 Å². The van der Waals surface area contributed by atoms with Crippen LogP contribution in [-0.2, 0) is 27.2 Å². The third-order valence-electron chi connectivity index (χ3n) is 4.01. The summed E-state index contributed by atoms with van der Waals surface area (Å²) in [7, 11) is 0. The van der Waals surface area contributed by atoms with Gasteiger partial charge in [0.1, 0.15) is 17.8 Å². The first-order valence-electron chi connectivity index (χ1n) is 8.54. The number of carbonyl (C=O) groups excluding carboxylic acids is 3. The van der Waals surface area contributed by atoms with Gasteiger partial charge in [-0.05, 0) is 23.3 Å². The zero-order valence-electron chi connectivity index (χ0n) is 15.0. The highest BCUT2D eigenvalue weighted by molar-refractivity contribution is 5.91. The summed E-state index contributed by atoms with van der Waals surface area (Å²) in [5, 5.41) is 14.6.